The van der Waals surface area contributed by atoms with Crippen molar-refractivity contribution >= 4 is 18.3 Å². The number of unbranched alkanes of at least 4 members (excludes halogenated alkanes) is 1. The van der Waals surface area contributed by atoms with Crippen LogP contribution in [0.1, 0.15) is 51.5 Å². The third kappa shape index (κ3) is 5.28. The molecule has 29 heavy (non-hydrogen) atoms. The lowest BCUT2D eigenvalue weighted by atomic mass is 9.77. The van der Waals surface area contributed by atoms with Gasteiger partial charge in [0, 0.05) is 38.2 Å². The van der Waals surface area contributed by atoms with Gasteiger partial charge in [-0.15, -0.1) is 12.4 Å². The predicted molar refractivity (Wildman–Crippen MR) is 110 cm³/mol. The standard InChI is InChI=1S/C19H30N4O5.ClH/c1-18(27)13-28-19(12-14(18)23-9-5-15(24)21-17(23)26)6-10-22(11-7-19)16(25)4-2-3-8-20;/h5,9,14,27H,2-4,6-8,10-13,20H2,1H3,(H,21,24,26);1H/t14-,18-;/m0./s1. The number of hydrogen-bond donors (Lipinski definition) is 3. The van der Waals surface area contributed by atoms with Crippen LogP contribution in [0.5, 0.6) is 0 Å². The van der Waals surface area contributed by atoms with E-state index in [0.717, 1.165) is 12.8 Å². The molecular formula is C19H31ClN4O5. The number of carbonyl (C=O) groups excluding carboxylic acids is 1. The highest BCUT2D eigenvalue weighted by atomic mass is 35.5. The molecule has 1 aromatic heterocycles. The average Bonchev–Trinajstić information content (AvgIpc) is 2.65. The fraction of sp³-hybridized carbons (Fsp3) is 0.737. The van der Waals surface area contributed by atoms with E-state index in [4.69, 9.17) is 10.5 Å². The van der Waals surface area contributed by atoms with Crippen LogP contribution < -0.4 is 17.0 Å². The molecule has 0 radical (unpaired) electrons. The Morgan fingerprint density at radius 3 is 2.66 bits per heavy atom. The fourth-order valence-electron chi connectivity index (χ4n) is 4.19. The molecule has 1 spiro atoms. The van der Waals surface area contributed by atoms with Crippen LogP contribution >= 0.6 is 12.4 Å². The first-order valence-corrected chi connectivity index (χ1v) is 9.92. The van der Waals surface area contributed by atoms with Crippen LogP contribution in [0, 0.1) is 0 Å². The summed E-state index contributed by atoms with van der Waals surface area (Å²) in [6, 6.07) is 0.764. The maximum atomic E-state index is 12.3. The van der Waals surface area contributed by atoms with Crippen molar-refractivity contribution in [2.24, 2.45) is 5.73 Å². The number of hydrogen-bond acceptors (Lipinski definition) is 6. The largest absolute Gasteiger partial charge is 0.386 e. The van der Waals surface area contributed by atoms with Gasteiger partial charge in [-0.1, -0.05) is 0 Å². The van der Waals surface area contributed by atoms with Gasteiger partial charge in [-0.05, 0) is 39.2 Å². The molecule has 0 saturated carbocycles. The van der Waals surface area contributed by atoms with E-state index in [-0.39, 0.29) is 24.9 Å². The minimum atomic E-state index is -1.23. The van der Waals surface area contributed by atoms with Crippen molar-refractivity contribution in [1.29, 1.82) is 0 Å². The van der Waals surface area contributed by atoms with Crippen LogP contribution in [0.25, 0.3) is 0 Å². The Morgan fingerprint density at radius 1 is 1.34 bits per heavy atom. The highest BCUT2D eigenvalue weighted by Gasteiger charge is 2.49. The number of ether oxygens (including phenoxy) is 1. The Labute approximate surface area is 175 Å². The molecular weight excluding hydrogens is 400 g/mol. The second kappa shape index (κ2) is 9.42. The topological polar surface area (TPSA) is 131 Å². The molecule has 2 aliphatic rings. The van der Waals surface area contributed by atoms with Crippen molar-refractivity contribution in [3.63, 3.8) is 0 Å². The molecule has 0 aliphatic carbocycles. The number of aromatic nitrogens is 2. The molecule has 2 aliphatic heterocycles. The van der Waals surface area contributed by atoms with Crippen molar-refractivity contribution in [2.75, 3.05) is 26.2 Å². The smallest absolute Gasteiger partial charge is 0.328 e. The Hall–Kier alpha value is -1.68. The second-order valence-corrected chi connectivity index (χ2v) is 8.19. The number of halogens is 1. The molecule has 2 saturated heterocycles. The number of piperidine rings is 1. The summed E-state index contributed by atoms with van der Waals surface area (Å²) in [6.45, 7) is 3.51. The number of carbonyl (C=O) groups is 1. The van der Waals surface area contributed by atoms with Gasteiger partial charge in [-0.2, -0.15) is 0 Å². The highest BCUT2D eigenvalue weighted by Crippen LogP contribution is 2.43. The van der Waals surface area contributed by atoms with Crippen LogP contribution in [0.15, 0.2) is 21.9 Å². The molecule has 164 valence electrons. The fourth-order valence-corrected chi connectivity index (χ4v) is 4.19. The minimum Gasteiger partial charge on any atom is -0.386 e. The van der Waals surface area contributed by atoms with Crippen molar-refractivity contribution in [1.82, 2.24) is 14.5 Å². The molecule has 3 heterocycles. The molecule has 10 heteroatoms. The van der Waals surface area contributed by atoms with E-state index in [9.17, 15) is 19.5 Å². The number of nitrogens with two attached hydrogens (primary N) is 1. The molecule has 4 N–H and O–H groups in total. The van der Waals surface area contributed by atoms with Gasteiger partial charge < -0.3 is 20.5 Å². The van der Waals surface area contributed by atoms with Gasteiger partial charge in [-0.3, -0.25) is 19.1 Å². The van der Waals surface area contributed by atoms with E-state index in [0.29, 0.717) is 45.3 Å². The molecule has 0 unspecified atom stereocenters. The highest BCUT2D eigenvalue weighted by molar-refractivity contribution is 5.85. The Bertz CT molecular complexity index is 813. The summed E-state index contributed by atoms with van der Waals surface area (Å²) in [4.78, 5) is 40.1. The van der Waals surface area contributed by atoms with Gasteiger partial charge in [0.25, 0.3) is 5.56 Å². The summed E-state index contributed by atoms with van der Waals surface area (Å²) in [7, 11) is 0. The van der Waals surface area contributed by atoms with Crippen molar-refractivity contribution < 1.29 is 14.6 Å². The number of amides is 1. The summed E-state index contributed by atoms with van der Waals surface area (Å²) < 4.78 is 7.46. The van der Waals surface area contributed by atoms with E-state index >= 15 is 0 Å². The van der Waals surface area contributed by atoms with Gasteiger partial charge in [0.05, 0.1) is 18.2 Å². The van der Waals surface area contributed by atoms with Crippen molar-refractivity contribution in [3.05, 3.63) is 33.1 Å². The number of nitrogens with zero attached hydrogens (tertiary/aromatic N) is 2. The summed E-state index contributed by atoms with van der Waals surface area (Å²) in [5, 5.41) is 10.8. The number of aliphatic hydroxyl groups is 1. The second-order valence-electron chi connectivity index (χ2n) is 8.19. The SMILES string of the molecule is C[C@]1(O)COC2(CCN(C(=O)CCCCN)CC2)C[C@@H]1n1ccc(=O)[nH]c1=O.Cl. The summed E-state index contributed by atoms with van der Waals surface area (Å²) in [5.41, 5.74) is 2.75. The van der Waals surface area contributed by atoms with Crippen molar-refractivity contribution in [2.45, 2.75) is 62.7 Å². The number of aromatic amines is 1. The first-order chi connectivity index (χ1) is 13.3. The van der Waals surface area contributed by atoms with Crippen LogP contribution in [0.2, 0.25) is 0 Å². The molecule has 2 atom stereocenters. The van der Waals surface area contributed by atoms with Crippen LogP contribution in [0.3, 0.4) is 0 Å². The molecule has 1 amide bonds. The number of likely N-dealkylation sites (tertiary alicyclic amines) is 1. The minimum absolute atomic E-state index is 0. The maximum absolute atomic E-state index is 12.3. The average molecular weight is 431 g/mol. The Kier molecular flexibility index (Phi) is 7.67. The van der Waals surface area contributed by atoms with Crippen molar-refractivity contribution in [3.8, 4) is 0 Å². The van der Waals surface area contributed by atoms with Crippen LogP contribution in [-0.2, 0) is 9.53 Å². The van der Waals surface area contributed by atoms with E-state index in [1.807, 2.05) is 4.90 Å². The summed E-state index contributed by atoms with van der Waals surface area (Å²) in [6.07, 6.45) is 5.33. The van der Waals surface area contributed by atoms with Gasteiger partial charge in [0.1, 0.15) is 5.60 Å². The van der Waals surface area contributed by atoms with Gasteiger partial charge in [0.2, 0.25) is 5.91 Å². The van der Waals surface area contributed by atoms with Crippen LogP contribution in [0.4, 0.5) is 0 Å². The third-order valence-electron chi connectivity index (χ3n) is 6.01. The Morgan fingerprint density at radius 2 is 2.03 bits per heavy atom. The zero-order valence-corrected chi connectivity index (χ0v) is 17.6. The Balaban J connectivity index is 0.00000300. The predicted octanol–water partition coefficient (Wildman–Crippen LogP) is 0.161. The number of rotatable bonds is 5. The lowest BCUT2D eigenvalue weighted by Gasteiger charge is -2.51. The molecule has 3 rings (SSSR count). The van der Waals surface area contributed by atoms with E-state index in [1.54, 1.807) is 6.92 Å². The van der Waals surface area contributed by atoms with E-state index in [2.05, 4.69) is 4.98 Å². The molecule has 9 nitrogen and oxygen atoms in total. The monoisotopic (exact) mass is 430 g/mol. The summed E-state index contributed by atoms with van der Waals surface area (Å²) >= 11 is 0. The number of nitrogens with one attached hydrogen (secondary N) is 1. The lowest BCUT2D eigenvalue weighted by Crippen LogP contribution is -2.58. The summed E-state index contributed by atoms with van der Waals surface area (Å²) in [5.74, 6) is 0.138. The van der Waals surface area contributed by atoms with Crippen LogP contribution in [-0.4, -0.2) is 62.9 Å². The zero-order valence-electron chi connectivity index (χ0n) is 16.8. The number of H-pyrrole nitrogens is 1. The van der Waals surface area contributed by atoms with E-state index < -0.39 is 28.5 Å². The molecule has 2 fully saturated rings. The molecule has 0 aromatic carbocycles. The first kappa shape index (κ1) is 23.6. The zero-order chi connectivity index (χ0) is 20.4. The molecule has 0 bridgehead atoms. The molecule has 1 aromatic rings. The quantitative estimate of drug-likeness (QED) is 0.570. The normalized spacial score (nSPS) is 26.2. The van der Waals surface area contributed by atoms with Gasteiger partial charge >= 0.3 is 5.69 Å². The third-order valence-corrected chi connectivity index (χ3v) is 6.01. The van der Waals surface area contributed by atoms with Gasteiger partial charge in [-0.25, -0.2) is 4.79 Å². The first-order valence-electron chi connectivity index (χ1n) is 9.92. The van der Waals surface area contributed by atoms with Gasteiger partial charge in [0.15, 0.2) is 0 Å². The lowest BCUT2D eigenvalue weighted by molar-refractivity contribution is -0.202. The van der Waals surface area contributed by atoms with E-state index in [1.165, 1.54) is 16.8 Å². The maximum Gasteiger partial charge on any atom is 0.328 e.